The first-order valence-corrected chi connectivity index (χ1v) is 4.78. The summed E-state index contributed by atoms with van der Waals surface area (Å²) in [5, 5.41) is 8.86. The fourth-order valence-corrected chi connectivity index (χ4v) is 1.03. The van der Waals surface area contributed by atoms with Crippen LogP contribution in [0.3, 0.4) is 0 Å². The van der Waals surface area contributed by atoms with E-state index in [1.54, 1.807) is 13.1 Å². The molecule has 80 valence electrons. The van der Waals surface area contributed by atoms with Crippen LogP contribution in [0.25, 0.3) is 0 Å². The Hall–Kier alpha value is -1.77. The molecule has 0 unspecified atom stereocenters. The third-order valence-corrected chi connectivity index (χ3v) is 1.83. The summed E-state index contributed by atoms with van der Waals surface area (Å²) in [7, 11) is 1.54. The minimum Gasteiger partial charge on any atom is -0.493 e. The van der Waals surface area contributed by atoms with Crippen LogP contribution in [-0.4, -0.2) is 23.2 Å². The van der Waals surface area contributed by atoms with Crippen LogP contribution in [0, 0.1) is 0 Å². The molecule has 1 aromatic rings. The molecule has 0 saturated heterocycles. The Bertz CT molecular complexity index is 351. The van der Waals surface area contributed by atoms with Crippen LogP contribution in [0.1, 0.15) is 12.5 Å². The number of hydrogen-bond acceptors (Lipinski definition) is 2. The Balaban J connectivity index is 2.44. The van der Waals surface area contributed by atoms with Gasteiger partial charge in [-0.25, -0.2) is 0 Å². The van der Waals surface area contributed by atoms with Gasteiger partial charge in [0.25, 0.3) is 0 Å². The highest BCUT2D eigenvalue weighted by Gasteiger charge is 1.93. The molecule has 0 spiro atoms. The van der Waals surface area contributed by atoms with Crippen LogP contribution in [0.5, 0.6) is 0 Å². The lowest BCUT2D eigenvalue weighted by molar-refractivity contribution is -0.750. The van der Waals surface area contributed by atoms with Gasteiger partial charge in [-0.05, 0) is 17.2 Å². The van der Waals surface area contributed by atoms with Gasteiger partial charge < -0.3 is 4.74 Å². The van der Waals surface area contributed by atoms with Gasteiger partial charge in [0, 0.05) is 6.08 Å². The summed E-state index contributed by atoms with van der Waals surface area (Å²) in [6.07, 6.45) is 3.24. The first-order valence-electron chi connectivity index (χ1n) is 4.78. The molecular weight excluding hydrogens is 190 g/mol. The molecule has 0 aliphatic carbocycles. The van der Waals surface area contributed by atoms with Crippen LogP contribution < -0.4 is 0 Å². The largest absolute Gasteiger partial charge is 0.493 e. The number of rotatable bonds is 4. The van der Waals surface area contributed by atoms with Gasteiger partial charge in [-0.1, -0.05) is 30.3 Å². The second-order valence-electron chi connectivity index (χ2n) is 3.27. The van der Waals surface area contributed by atoms with E-state index in [4.69, 9.17) is 9.94 Å². The van der Waals surface area contributed by atoms with Crippen molar-refractivity contribution in [1.29, 1.82) is 0 Å². The predicted octanol–water partition coefficient (Wildman–Crippen LogP) is 2.21. The molecule has 0 heterocycles. The van der Waals surface area contributed by atoms with Crippen LogP contribution in [0.15, 0.2) is 42.2 Å². The lowest BCUT2D eigenvalue weighted by Crippen LogP contribution is -1.98. The SMILES string of the molecule is C/C(=C\C=[N+](/C)O)OCc1ccccc1. The van der Waals surface area contributed by atoms with E-state index in [0.29, 0.717) is 6.61 Å². The van der Waals surface area contributed by atoms with Crippen molar-refractivity contribution in [3.8, 4) is 0 Å². The van der Waals surface area contributed by atoms with E-state index in [1.165, 1.54) is 6.21 Å². The third kappa shape index (κ3) is 4.86. The Morgan fingerprint density at radius 3 is 2.67 bits per heavy atom. The highest BCUT2D eigenvalue weighted by atomic mass is 16.5. The lowest BCUT2D eigenvalue weighted by atomic mass is 10.2. The minimum absolute atomic E-state index is 0.548. The maximum atomic E-state index is 8.86. The van der Waals surface area contributed by atoms with E-state index in [1.807, 2.05) is 37.3 Å². The monoisotopic (exact) mass is 206 g/mol. The molecule has 1 aromatic carbocycles. The van der Waals surface area contributed by atoms with Gasteiger partial charge in [0.2, 0.25) is 6.21 Å². The van der Waals surface area contributed by atoms with Crippen LogP contribution in [0.4, 0.5) is 0 Å². The number of benzene rings is 1. The Morgan fingerprint density at radius 1 is 1.40 bits per heavy atom. The van der Waals surface area contributed by atoms with Crippen molar-refractivity contribution in [3.05, 3.63) is 47.7 Å². The standard InChI is InChI=1S/C12H16NO2/c1-11(8-9-13(2)14)15-10-12-6-4-3-5-7-12/h3-9,14H,10H2,1-2H3/q+1/b11-8+,13-9+. The molecule has 0 atom stereocenters. The quantitative estimate of drug-likeness (QED) is 0.269. The Labute approximate surface area is 89.9 Å². The van der Waals surface area contributed by atoms with Gasteiger partial charge in [0.1, 0.15) is 6.61 Å². The smallest absolute Gasteiger partial charge is 0.218 e. The molecule has 0 aliphatic heterocycles. The highest BCUT2D eigenvalue weighted by Crippen LogP contribution is 2.04. The van der Waals surface area contributed by atoms with Crippen LogP contribution >= 0.6 is 0 Å². The van der Waals surface area contributed by atoms with Crippen molar-refractivity contribution in [2.24, 2.45) is 0 Å². The summed E-state index contributed by atoms with van der Waals surface area (Å²) >= 11 is 0. The van der Waals surface area contributed by atoms with Gasteiger partial charge in [-0.15, -0.1) is 0 Å². The van der Waals surface area contributed by atoms with E-state index in [9.17, 15) is 0 Å². The van der Waals surface area contributed by atoms with Gasteiger partial charge in [-0.3, -0.25) is 5.21 Å². The summed E-state index contributed by atoms with van der Waals surface area (Å²) < 4.78 is 6.45. The molecule has 0 aliphatic rings. The zero-order chi connectivity index (χ0) is 11.1. The normalized spacial score (nSPS) is 12.7. The molecule has 0 fully saturated rings. The molecule has 15 heavy (non-hydrogen) atoms. The average Bonchev–Trinajstić information content (AvgIpc) is 2.25. The zero-order valence-corrected chi connectivity index (χ0v) is 9.05. The number of hydrogen-bond donors (Lipinski definition) is 1. The van der Waals surface area contributed by atoms with Crippen LogP contribution in [0.2, 0.25) is 0 Å². The second kappa shape index (κ2) is 5.86. The Morgan fingerprint density at radius 2 is 2.07 bits per heavy atom. The molecule has 0 aromatic heterocycles. The molecule has 3 nitrogen and oxygen atoms in total. The van der Waals surface area contributed by atoms with E-state index < -0.39 is 0 Å². The minimum atomic E-state index is 0.548. The fraction of sp³-hybridized carbons (Fsp3) is 0.250. The molecule has 1 rings (SSSR count). The molecule has 0 radical (unpaired) electrons. The van der Waals surface area contributed by atoms with Gasteiger partial charge in [0.15, 0.2) is 7.05 Å². The van der Waals surface area contributed by atoms with Crippen molar-refractivity contribution in [1.82, 2.24) is 0 Å². The molecule has 0 bridgehead atoms. The first-order chi connectivity index (χ1) is 7.18. The molecule has 0 amide bonds. The molecule has 3 heteroatoms. The van der Waals surface area contributed by atoms with E-state index in [2.05, 4.69) is 0 Å². The van der Waals surface area contributed by atoms with Gasteiger partial charge in [-0.2, -0.15) is 0 Å². The summed E-state index contributed by atoms with van der Waals surface area (Å²) in [5.41, 5.74) is 1.13. The summed E-state index contributed by atoms with van der Waals surface area (Å²) in [6, 6.07) is 9.95. The van der Waals surface area contributed by atoms with E-state index >= 15 is 0 Å². The van der Waals surface area contributed by atoms with E-state index in [-0.39, 0.29) is 0 Å². The van der Waals surface area contributed by atoms with Gasteiger partial charge >= 0.3 is 0 Å². The average molecular weight is 206 g/mol. The van der Waals surface area contributed by atoms with Crippen LogP contribution in [-0.2, 0) is 11.3 Å². The summed E-state index contributed by atoms with van der Waals surface area (Å²) in [6.45, 7) is 2.40. The highest BCUT2D eigenvalue weighted by molar-refractivity contribution is 5.66. The third-order valence-electron chi connectivity index (χ3n) is 1.83. The predicted molar refractivity (Wildman–Crippen MR) is 59.0 cm³/mol. The van der Waals surface area contributed by atoms with Crippen molar-refractivity contribution >= 4 is 6.21 Å². The van der Waals surface area contributed by atoms with Gasteiger partial charge in [0.05, 0.1) is 5.76 Å². The zero-order valence-electron chi connectivity index (χ0n) is 9.05. The summed E-state index contributed by atoms with van der Waals surface area (Å²) in [4.78, 5) is 0. The molecule has 0 saturated carbocycles. The van der Waals surface area contributed by atoms with Crippen molar-refractivity contribution in [2.75, 3.05) is 7.05 Å². The molecular formula is C12H16NO2+. The molecule has 1 N–H and O–H groups in total. The van der Waals surface area contributed by atoms with Crippen molar-refractivity contribution in [2.45, 2.75) is 13.5 Å². The Kier molecular flexibility index (Phi) is 4.41. The maximum absolute atomic E-state index is 8.86. The second-order valence-corrected chi connectivity index (χ2v) is 3.27. The first kappa shape index (κ1) is 11.3. The van der Waals surface area contributed by atoms with Crippen molar-refractivity contribution in [3.63, 3.8) is 0 Å². The van der Waals surface area contributed by atoms with E-state index in [0.717, 1.165) is 16.1 Å². The maximum Gasteiger partial charge on any atom is 0.218 e. The number of nitrogens with zero attached hydrogens (tertiary/aromatic N) is 1. The summed E-state index contributed by atoms with van der Waals surface area (Å²) in [5.74, 6) is 0.764. The number of allylic oxidation sites excluding steroid dienone is 2. The number of ether oxygens (including phenoxy) is 1. The van der Waals surface area contributed by atoms with Crippen molar-refractivity contribution < 1.29 is 14.7 Å². The number of hydroxylamine groups is 1. The lowest BCUT2D eigenvalue weighted by Gasteiger charge is -2.04. The fourth-order valence-electron chi connectivity index (χ4n) is 1.03. The topological polar surface area (TPSA) is 32.5 Å².